The third kappa shape index (κ3) is 5.15. The molecular weight excluding hydrogens is 422 g/mol. The molecule has 0 aliphatic carbocycles. The third-order valence-corrected chi connectivity index (χ3v) is 8.59. The molecule has 172 valence electrons. The van der Waals surface area contributed by atoms with Crippen molar-refractivity contribution in [2.45, 2.75) is 50.0 Å². The van der Waals surface area contributed by atoms with Crippen molar-refractivity contribution in [3.63, 3.8) is 0 Å². The molecule has 0 saturated carbocycles. The summed E-state index contributed by atoms with van der Waals surface area (Å²) in [5, 5.41) is 3.13. The van der Waals surface area contributed by atoms with E-state index in [9.17, 15) is 13.2 Å². The highest BCUT2D eigenvalue weighted by molar-refractivity contribution is 7.89. The smallest absolute Gasteiger partial charge is 0.243 e. The lowest BCUT2D eigenvalue weighted by atomic mass is 9.96. The summed E-state index contributed by atoms with van der Waals surface area (Å²) in [4.78, 5) is 15.6. The van der Waals surface area contributed by atoms with Crippen LogP contribution in [0.5, 0.6) is 0 Å². The summed E-state index contributed by atoms with van der Waals surface area (Å²) in [6, 6.07) is 16.9. The predicted octanol–water partition coefficient (Wildman–Crippen LogP) is 3.96. The van der Waals surface area contributed by atoms with Crippen LogP contribution in [0, 0.1) is 5.92 Å². The van der Waals surface area contributed by atoms with E-state index in [1.54, 1.807) is 30.3 Å². The van der Waals surface area contributed by atoms with E-state index in [0.29, 0.717) is 30.8 Å². The van der Waals surface area contributed by atoms with Gasteiger partial charge < -0.3 is 10.2 Å². The standard InChI is InChI=1S/C25H33N3O3S/c1-20(21-10-12-23(13-11-21)27-16-6-3-7-17-27)26-25(29)22-14-18-28(19-15-22)32(30,31)24-8-4-2-5-9-24/h2,4-5,8-13,20,22H,3,6-7,14-19H2,1H3,(H,26,29)/t20-/m0/s1. The number of nitrogens with one attached hydrogen (secondary N) is 1. The topological polar surface area (TPSA) is 69.7 Å². The molecule has 2 heterocycles. The van der Waals surface area contributed by atoms with E-state index in [1.165, 1.54) is 29.3 Å². The maximum Gasteiger partial charge on any atom is 0.243 e. The van der Waals surface area contributed by atoms with Gasteiger partial charge >= 0.3 is 0 Å². The Labute approximate surface area is 191 Å². The van der Waals surface area contributed by atoms with Crippen molar-refractivity contribution < 1.29 is 13.2 Å². The van der Waals surface area contributed by atoms with Crippen LogP contribution in [0.4, 0.5) is 5.69 Å². The molecule has 2 aliphatic heterocycles. The molecule has 2 aliphatic rings. The molecule has 0 unspecified atom stereocenters. The molecule has 1 N–H and O–H groups in total. The second-order valence-electron chi connectivity index (χ2n) is 8.86. The number of rotatable bonds is 6. The molecule has 2 aromatic carbocycles. The fourth-order valence-corrected chi connectivity index (χ4v) is 6.13. The van der Waals surface area contributed by atoms with Gasteiger partial charge in [-0.25, -0.2) is 8.42 Å². The van der Waals surface area contributed by atoms with Gasteiger partial charge in [0.15, 0.2) is 0 Å². The van der Waals surface area contributed by atoms with E-state index < -0.39 is 10.0 Å². The molecule has 0 bridgehead atoms. The summed E-state index contributed by atoms with van der Waals surface area (Å²) in [7, 11) is -3.49. The highest BCUT2D eigenvalue weighted by Crippen LogP contribution is 2.26. The Morgan fingerprint density at radius 3 is 2.16 bits per heavy atom. The van der Waals surface area contributed by atoms with E-state index in [0.717, 1.165) is 18.7 Å². The normalized spacial score (nSPS) is 19.5. The minimum Gasteiger partial charge on any atom is -0.372 e. The van der Waals surface area contributed by atoms with Crippen molar-refractivity contribution in [2.75, 3.05) is 31.1 Å². The quantitative estimate of drug-likeness (QED) is 0.716. The predicted molar refractivity (Wildman–Crippen MR) is 127 cm³/mol. The molecule has 0 aromatic heterocycles. The summed E-state index contributed by atoms with van der Waals surface area (Å²) < 4.78 is 27.1. The second kappa shape index (κ2) is 10.0. The number of nitrogens with zero attached hydrogens (tertiary/aromatic N) is 2. The third-order valence-electron chi connectivity index (χ3n) is 6.68. The van der Waals surface area contributed by atoms with Crippen molar-refractivity contribution >= 4 is 21.6 Å². The van der Waals surface area contributed by atoms with Crippen LogP contribution < -0.4 is 10.2 Å². The van der Waals surface area contributed by atoms with Gasteiger partial charge in [-0.15, -0.1) is 0 Å². The van der Waals surface area contributed by atoms with Crippen molar-refractivity contribution in [3.8, 4) is 0 Å². The number of amides is 1. The molecule has 7 heteroatoms. The molecule has 4 rings (SSSR count). The highest BCUT2D eigenvalue weighted by atomic mass is 32.2. The first-order valence-electron chi connectivity index (χ1n) is 11.7. The highest BCUT2D eigenvalue weighted by Gasteiger charge is 2.32. The van der Waals surface area contributed by atoms with Crippen LogP contribution in [0.3, 0.4) is 0 Å². The van der Waals surface area contributed by atoms with Crippen molar-refractivity contribution in [3.05, 3.63) is 60.2 Å². The van der Waals surface area contributed by atoms with E-state index >= 15 is 0 Å². The molecule has 1 atom stereocenters. The zero-order valence-corrected chi connectivity index (χ0v) is 19.6. The maximum atomic E-state index is 12.8. The van der Waals surface area contributed by atoms with E-state index in [1.807, 2.05) is 6.92 Å². The summed E-state index contributed by atoms with van der Waals surface area (Å²) in [6.45, 7) is 4.97. The largest absolute Gasteiger partial charge is 0.372 e. The number of sulfonamides is 1. The van der Waals surface area contributed by atoms with Gasteiger partial charge in [-0.1, -0.05) is 30.3 Å². The zero-order valence-electron chi connectivity index (χ0n) is 18.7. The molecule has 0 radical (unpaired) electrons. The summed E-state index contributed by atoms with van der Waals surface area (Å²) in [6.07, 6.45) is 4.89. The molecule has 6 nitrogen and oxygen atoms in total. The number of carbonyl (C=O) groups is 1. The minimum absolute atomic E-state index is 0.00867. The van der Waals surface area contributed by atoms with Gasteiger partial charge in [0.1, 0.15) is 0 Å². The van der Waals surface area contributed by atoms with Crippen LogP contribution >= 0.6 is 0 Å². The molecular formula is C25H33N3O3S. The van der Waals surface area contributed by atoms with Gasteiger partial charge in [-0.3, -0.25) is 4.79 Å². The minimum atomic E-state index is -3.49. The number of hydrogen-bond donors (Lipinski definition) is 1. The Balaban J connectivity index is 1.30. The summed E-state index contributed by atoms with van der Waals surface area (Å²) >= 11 is 0. The second-order valence-corrected chi connectivity index (χ2v) is 10.8. The number of benzene rings is 2. The van der Waals surface area contributed by atoms with Gasteiger partial charge in [0, 0.05) is 37.8 Å². The molecule has 1 amide bonds. The molecule has 2 aromatic rings. The van der Waals surface area contributed by atoms with E-state index in [4.69, 9.17) is 0 Å². The zero-order chi connectivity index (χ0) is 22.6. The summed E-state index contributed by atoms with van der Waals surface area (Å²) in [5.74, 6) is -0.151. The monoisotopic (exact) mass is 455 g/mol. The first-order chi connectivity index (χ1) is 15.4. The van der Waals surface area contributed by atoms with Crippen LogP contribution in [-0.4, -0.2) is 44.8 Å². The average molecular weight is 456 g/mol. The Hall–Kier alpha value is -2.38. The molecule has 32 heavy (non-hydrogen) atoms. The first-order valence-corrected chi connectivity index (χ1v) is 13.1. The molecule has 2 fully saturated rings. The van der Waals surface area contributed by atoms with E-state index in [-0.39, 0.29) is 17.9 Å². The van der Waals surface area contributed by atoms with Crippen LogP contribution in [0.25, 0.3) is 0 Å². The Morgan fingerprint density at radius 2 is 1.53 bits per heavy atom. The lowest BCUT2D eigenvalue weighted by Gasteiger charge is -2.31. The Bertz CT molecular complexity index is 994. The van der Waals surface area contributed by atoms with Gasteiger partial charge in [0.25, 0.3) is 0 Å². The number of anilines is 1. The van der Waals surface area contributed by atoms with Crippen LogP contribution in [0.1, 0.15) is 50.6 Å². The van der Waals surface area contributed by atoms with Crippen molar-refractivity contribution in [1.29, 1.82) is 0 Å². The SMILES string of the molecule is C[C@H](NC(=O)C1CCN(S(=O)(=O)c2ccccc2)CC1)c1ccc(N2CCCCC2)cc1. The Kier molecular flexibility index (Phi) is 7.16. The number of carbonyl (C=O) groups excluding carboxylic acids is 1. The van der Waals surface area contributed by atoms with Crippen molar-refractivity contribution in [2.24, 2.45) is 5.92 Å². The Morgan fingerprint density at radius 1 is 0.906 bits per heavy atom. The van der Waals surface area contributed by atoms with Gasteiger partial charge in [-0.05, 0) is 68.9 Å². The number of piperidine rings is 2. The van der Waals surface area contributed by atoms with Crippen LogP contribution in [0.15, 0.2) is 59.5 Å². The van der Waals surface area contributed by atoms with Crippen LogP contribution in [0.2, 0.25) is 0 Å². The fourth-order valence-electron chi connectivity index (χ4n) is 4.64. The molecule has 2 saturated heterocycles. The van der Waals surface area contributed by atoms with E-state index in [2.05, 4.69) is 34.5 Å². The average Bonchev–Trinajstić information content (AvgIpc) is 2.85. The van der Waals surface area contributed by atoms with Crippen molar-refractivity contribution in [1.82, 2.24) is 9.62 Å². The lowest BCUT2D eigenvalue weighted by molar-refractivity contribution is -0.126. The van der Waals surface area contributed by atoms with Gasteiger partial charge in [0.05, 0.1) is 10.9 Å². The lowest BCUT2D eigenvalue weighted by Crippen LogP contribution is -2.43. The first kappa shape index (κ1) is 22.8. The van der Waals surface area contributed by atoms with Gasteiger partial charge in [-0.2, -0.15) is 4.31 Å². The maximum absolute atomic E-state index is 12.8. The fraction of sp³-hybridized carbons (Fsp3) is 0.480. The number of hydrogen-bond acceptors (Lipinski definition) is 4. The van der Waals surface area contributed by atoms with Crippen LogP contribution in [-0.2, 0) is 14.8 Å². The molecule has 0 spiro atoms. The van der Waals surface area contributed by atoms with Gasteiger partial charge in [0.2, 0.25) is 15.9 Å². The summed E-state index contributed by atoms with van der Waals surface area (Å²) in [5.41, 5.74) is 2.34.